The van der Waals surface area contributed by atoms with Crippen molar-refractivity contribution in [3.8, 4) is 23.0 Å². The Bertz CT molecular complexity index is 2180. The molecule has 3 fully saturated rings. The topological polar surface area (TPSA) is 122 Å². The zero-order valence-corrected chi connectivity index (χ0v) is 26.7. The van der Waals surface area contributed by atoms with Crippen molar-refractivity contribution in [2.75, 3.05) is 13.7 Å². The maximum atomic E-state index is 14.0. The number of aromatic nitrogens is 7. The van der Waals surface area contributed by atoms with Crippen LogP contribution in [0.5, 0.6) is 5.75 Å². The van der Waals surface area contributed by atoms with Crippen LogP contribution in [0.25, 0.3) is 39.3 Å². The first kappa shape index (κ1) is 28.5. The molecule has 3 atom stereocenters. The van der Waals surface area contributed by atoms with Crippen LogP contribution in [0.15, 0.2) is 67.4 Å². The lowest BCUT2D eigenvalue weighted by Crippen LogP contribution is -2.41. The highest BCUT2D eigenvalue weighted by Crippen LogP contribution is 2.40. The summed E-state index contributed by atoms with van der Waals surface area (Å²) in [4.78, 5) is 30.2. The lowest BCUT2D eigenvalue weighted by atomic mass is 10.1. The molecule has 9 rings (SSSR count). The Morgan fingerprint density at radius 2 is 1.98 bits per heavy atom. The summed E-state index contributed by atoms with van der Waals surface area (Å²) in [6.45, 7) is 2.04. The Morgan fingerprint density at radius 3 is 2.74 bits per heavy atom. The van der Waals surface area contributed by atoms with Gasteiger partial charge in [-0.1, -0.05) is 11.6 Å². The van der Waals surface area contributed by atoms with Gasteiger partial charge in [-0.3, -0.25) is 9.78 Å². The van der Waals surface area contributed by atoms with Gasteiger partial charge in [-0.2, -0.15) is 5.10 Å². The summed E-state index contributed by atoms with van der Waals surface area (Å²) in [7, 11) is 1.64. The van der Waals surface area contributed by atoms with Gasteiger partial charge in [-0.15, -0.1) is 0 Å². The van der Waals surface area contributed by atoms with Crippen molar-refractivity contribution in [1.82, 2.24) is 38.8 Å². The van der Waals surface area contributed by atoms with Gasteiger partial charge in [0.15, 0.2) is 5.82 Å². The van der Waals surface area contributed by atoms with Crippen molar-refractivity contribution in [3.63, 3.8) is 0 Å². The SMILES string of the molecule is COc1cc(C(=O)N2CC3CCC2[C@@H]3N)cc2nc(-c3cc4cccnc4n3CC3CC3)n(Cc3cnn(-c4cncc(Cl)c4)c3)c12. The third-order valence-corrected chi connectivity index (χ3v) is 10.3. The Morgan fingerprint density at radius 1 is 1.09 bits per heavy atom. The van der Waals surface area contributed by atoms with Gasteiger partial charge >= 0.3 is 0 Å². The fourth-order valence-corrected chi connectivity index (χ4v) is 7.78. The van der Waals surface area contributed by atoms with Gasteiger partial charge in [0.05, 0.1) is 48.0 Å². The minimum atomic E-state index is -0.0209. The van der Waals surface area contributed by atoms with Gasteiger partial charge in [0.25, 0.3) is 5.91 Å². The Hall–Kier alpha value is -4.74. The molecule has 1 amide bonds. The summed E-state index contributed by atoms with van der Waals surface area (Å²) >= 11 is 6.22. The molecule has 0 radical (unpaired) electrons. The molecular formula is C35H34ClN9O2. The fraction of sp³-hybridized carbons (Fsp3) is 0.343. The van der Waals surface area contributed by atoms with E-state index in [1.165, 1.54) is 12.8 Å². The predicted molar refractivity (Wildman–Crippen MR) is 179 cm³/mol. The van der Waals surface area contributed by atoms with E-state index in [1.807, 2.05) is 47.8 Å². The average molecular weight is 648 g/mol. The second-order valence-corrected chi connectivity index (χ2v) is 13.6. The minimum absolute atomic E-state index is 0.0209. The average Bonchev–Trinajstić information content (AvgIpc) is 3.39. The van der Waals surface area contributed by atoms with Gasteiger partial charge in [-0.05, 0) is 73.9 Å². The standard InChI is InChI=1S/C35H34ClN9O2/c1-47-30-11-24(35(46)43-19-23-6-7-28(43)31(23)37)9-27-32(30)44(17-21-13-40-45(18-21)26-12-25(36)14-38-15-26)34(41-27)29-10-22-3-2-8-39-33(22)42(29)16-20-4-5-20/h2-3,8-15,18,20,23,28,31H,4-7,16-17,19,37H2,1H3/t23?,28?,31-/m1/s1. The molecule has 2 N–H and O–H groups in total. The molecule has 12 heteroatoms. The van der Waals surface area contributed by atoms with Crippen molar-refractivity contribution < 1.29 is 9.53 Å². The number of carbonyl (C=O) groups is 1. The van der Waals surface area contributed by atoms with Crippen molar-refractivity contribution in [2.45, 2.75) is 50.9 Å². The summed E-state index contributed by atoms with van der Waals surface area (Å²) < 4.78 is 12.3. The van der Waals surface area contributed by atoms with Gasteiger partial charge < -0.3 is 24.5 Å². The van der Waals surface area contributed by atoms with Crippen LogP contribution in [0.3, 0.4) is 0 Å². The maximum Gasteiger partial charge on any atom is 0.254 e. The number of carbonyl (C=O) groups excluding carboxylic acids is 1. The number of ether oxygens (including phenoxy) is 1. The molecule has 238 valence electrons. The normalized spacial score (nSPS) is 20.6. The number of nitrogens with zero attached hydrogens (tertiary/aromatic N) is 8. The van der Waals surface area contributed by atoms with Gasteiger partial charge in [0.2, 0.25) is 0 Å². The summed E-state index contributed by atoms with van der Waals surface area (Å²) in [5.41, 5.74) is 12.2. The lowest BCUT2D eigenvalue weighted by Gasteiger charge is -2.27. The number of halogens is 1. The highest BCUT2D eigenvalue weighted by molar-refractivity contribution is 6.30. The third kappa shape index (κ3) is 4.79. The molecule has 1 aliphatic heterocycles. The zero-order chi connectivity index (χ0) is 31.8. The van der Waals surface area contributed by atoms with Crippen LogP contribution >= 0.6 is 11.6 Å². The largest absolute Gasteiger partial charge is 0.494 e. The smallest absolute Gasteiger partial charge is 0.254 e. The molecular weight excluding hydrogens is 614 g/mol. The second kappa shape index (κ2) is 10.9. The highest BCUT2D eigenvalue weighted by Gasteiger charge is 2.47. The van der Waals surface area contributed by atoms with E-state index in [1.54, 1.807) is 24.2 Å². The molecule has 0 spiro atoms. The predicted octanol–water partition coefficient (Wildman–Crippen LogP) is 5.32. The van der Waals surface area contributed by atoms with Gasteiger partial charge in [0.1, 0.15) is 16.9 Å². The first-order valence-electron chi connectivity index (χ1n) is 16.2. The van der Waals surface area contributed by atoms with E-state index in [0.717, 1.165) is 58.7 Å². The van der Waals surface area contributed by atoms with E-state index in [0.29, 0.717) is 46.8 Å². The molecule has 1 saturated heterocycles. The fourth-order valence-electron chi connectivity index (χ4n) is 7.61. The van der Waals surface area contributed by atoms with Crippen LogP contribution in [0.2, 0.25) is 5.02 Å². The number of amides is 1. The molecule has 2 aliphatic carbocycles. The van der Waals surface area contributed by atoms with Crippen LogP contribution in [0.4, 0.5) is 0 Å². The molecule has 3 aliphatic rings. The number of benzene rings is 1. The number of pyridine rings is 2. The molecule has 6 aromatic rings. The first-order chi connectivity index (χ1) is 22.9. The van der Waals surface area contributed by atoms with Crippen molar-refractivity contribution in [3.05, 3.63) is 83.5 Å². The van der Waals surface area contributed by atoms with E-state index >= 15 is 0 Å². The maximum absolute atomic E-state index is 14.0. The third-order valence-electron chi connectivity index (χ3n) is 10.1. The van der Waals surface area contributed by atoms with Crippen molar-refractivity contribution >= 4 is 39.6 Å². The molecule has 2 unspecified atom stereocenters. The minimum Gasteiger partial charge on any atom is -0.494 e. The summed E-state index contributed by atoms with van der Waals surface area (Å²) in [5, 5.41) is 6.22. The summed E-state index contributed by atoms with van der Waals surface area (Å²) in [6.07, 6.45) is 13.4. The van der Waals surface area contributed by atoms with Gasteiger partial charge in [-0.25, -0.2) is 14.6 Å². The molecule has 2 bridgehead atoms. The number of hydrogen-bond donors (Lipinski definition) is 1. The molecule has 11 nitrogen and oxygen atoms in total. The van der Waals surface area contributed by atoms with Crippen LogP contribution in [0.1, 0.15) is 41.6 Å². The summed E-state index contributed by atoms with van der Waals surface area (Å²) in [5.74, 6) is 2.33. The Labute approximate surface area is 275 Å². The van der Waals surface area contributed by atoms with E-state index < -0.39 is 0 Å². The van der Waals surface area contributed by atoms with Crippen molar-refractivity contribution in [1.29, 1.82) is 0 Å². The molecule has 2 saturated carbocycles. The Kier molecular flexibility index (Phi) is 6.62. The van der Waals surface area contributed by atoms with E-state index in [4.69, 9.17) is 32.0 Å². The second-order valence-electron chi connectivity index (χ2n) is 13.2. The monoisotopic (exact) mass is 647 g/mol. The number of likely N-dealkylation sites (tertiary alicyclic amines) is 1. The molecule has 5 aromatic heterocycles. The van der Waals surface area contributed by atoms with E-state index in [-0.39, 0.29) is 18.0 Å². The van der Waals surface area contributed by atoms with Crippen molar-refractivity contribution in [2.24, 2.45) is 17.6 Å². The van der Waals surface area contributed by atoms with E-state index in [2.05, 4.69) is 31.3 Å². The zero-order valence-electron chi connectivity index (χ0n) is 26.0. The summed E-state index contributed by atoms with van der Waals surface area (Å²) in [6, 6.07) is 11.9. The number of imidazole rings is 1. The first-order valence-corrected chi connectivity index (χ1v) is 16.6. The molecule has 1 aromatic carbocycles. The van der Waals surface area contributed by atoms with Crippen LogP contribution in [-0.4, -0.2) is 70.4 Å². The number of methoxy groups -OCH3 is 1. The van der Waals surface area contributed by atoms with Crippen LogP contribution in [0, 0.1) is 11.8 Å². The van der Waals surface area contributed by atoms with E-state index in [9.17, 15) is 4.79 Å². The number of fused-ring (bicyclic) bond motifs is 4. The van der Waals surface area contributed by atoms with Crippen LogP contribution in [-0.2, 0) is 13.1 Å². The quantitative estimate of drug-likeness (QED) is 0.237. The molecule has 47 heavy (non-hydrogen) atoms. The highest BCUT2D eigenvalue weighted by atomic mass is 35.5. The number of rotatable bonds is 8. The lowest BCUT2D eigenvalue weighted by molar-refractivity contribution is 0.0700. The number of piperidine rings is 1. The van der Waals surface area contributed by atoms with Crippen LogP contribution < -0.4 is 10.5 Å². The number of hydrogen-bond acceptors (Lipinski definition) is 7. The van der Waals surface area contributed by atoms with Gasteiger partial charge in [0, 0.05) is 60.3 Å². The Balaban J connectivity index is 1.20. The molecule has 6 heterocycles. The number of nitrogens with two attached hydrogens (primary N) is 1.